The van der Waals surface area contributed by atoms with E-state index in [0.717, 1.165) is 7.12 Å². The first-order valence-corrected chi connectivity index (χ1v) is 0.880. The average molecular weight is 51.6 g/mol. The van der Waals surface area contributed by atoms with E-state index in [-0.39, 0.29) is 0 Å². The molecule has 0 unspecified atom stereocenters. The molecule has 4 heavy (non-hydrogen) atoms. The minimum absolute atomic E-state index is 1.15. The first kappa shape index (κ1) is 3.80. The second kappa shape index (κ2) is 2.80. The molecule has 0 atom stereocenters. The van der Waals surface area contributed by atoms with Crippen molar-refractivity contribution in [1.82, 2.24) is 0 Å². The Morgan fingerprint density at radius 1 is 2.00 bits per heavy atom. The van der Waals surface area contributed by atoms with Crippen LogP contribution in [0.25, 0.3) is 0 Å². The predicted molar refractivity (Wildman–Crippen MR) is 19.7 cm³/mol. The normalized spacial score (nSPS) is 4.00. The van der Waals surface area contributed by atoms with Crippen molar-refractivity contribution in [2.75, 3.05) is 0 Å². The molecule has 0 saturated carbocycles. The zero-order valence-corrected chi connectivity index (χ0v) is 2.27. The first-order valence-electron chi connectivity index (χ1n) is 0.880. The van der Waals surface area contributed by atoms with E-state index in [1.165, 1.54) is 0 Å². The summed E-state index contributed by atoms with van der Waals surface area (Å²) in [5, 5.41) is 0. The topological polar surface area (TPSA) is 9.23 Å². The van der Waals surface area contributed by atoms with Gasteiger partial charge in [0.05, 0.1) is 0 Å². The standard InChI is InChI=1S/CH2B2O/c1-3-4-2/h1H2. The summed E-state index contributed by atoms with van der Waals surface area (Å²) in [5.41, 5.74) is 0. The Balaban J connectivity index is 2.30. The second-order valence-electron chi connectivity index (χ2n) is 0.303. The Labute approximate surface area is 27.3 Å². The van der Waals surface area contributed by atoms with Gasteiger partial charge in [-0.2, -0.15) is 0 Å². The van der Waals surface area contributed by atoms with Gasteiger partial charge in [0.1, 0.15) is 0 Å². The Morgan fingerprint density at radius 3 is 2.25 bits per heavy atom. The summed E-state index contributed by atoms with van der Waals surface area (Å²) in [4.78, 5) is 0. The molecule has 2 radical (unpaired) electrons. The van der Waals surface area contributed by atoms with Crippen molar-refractivity contribution in [2.45, 2.75) is 0 Å². The van der Waals surface area contributed by atoms with Crippen molar-refractivity contribution < 1.29 is 4.57 Å². The van der Waals surface area contributed by atoms with Crippen molar-refractivity contribution in [2.24, 2.45) is 0 Å². The van der Waals surface area contributed by atoms with Gasteiger partial charge in [0, 0.05) is 0 Å². The van der Waals surface area contributed by atoms with Crippen LogP contribution in [0.15, 0.2) is 0 Å². The summed E-state index contributed by atoms with van der Waals surface area (Å²) in [7, 11) is 5.56. The van der Waals surface area contributed by atoms with E-state index < -0.39 is 0 Å². The number of hydrogen-bond acceptors (Lipinski definition) is 1. The van der Waals surface area contributed by atoms with E-state index >= 15 is 0 Å². The average Bonchev–Trinajstić information content (AvgIpc) is 1.37. The molecular formula is CH2B2O. The van der Waals surface area contributed by atoms with Gasteiger partial charge in [0.2, 0.25) is 0 Å². The van der Waals surface area contributed by atoms with Crippen molar-refractivity contribution in [1.29, 1.82) is 0 Å². The first-order chi connectivity index (χ1) is 1.91. The van der Waals surface area contributed by atoms with Gasteiger partial charge in [-0.1, -0.05) is 0 Å². The van der Waals surface area contributed by atoms with Crippen LogP contribution in [0.3, 0.4) is 0 Å². The molecule has 3 heteroatoms. The SMILES string of the molecule is [B]OB=C. The summed E-state index contributed by atoms with van der Waals surface area (Å²) < 4.78 is 3.81. The molecule has 0 saturated heterocycles. The van der Waals surface area contributed by atoms with Crippen molar-refractivity contribution in [3.63, 3.8) is 0 Å². The van der Waals surface area contributed by atoms with Gasteiger partial charge < -0.3 is 0 Å². The molecule has 0 fully saturated rings. The van der Waals surface area contributed by atoms with Gasteiger partial charge >= 0.3 is 26.2 Å². The van der Waals surface area contributed by atoms with E-state index in [1.54, 1.807) is 0 Å². The maximum atomic E-state index is 4.41. The fraction of sp³-hybridized carbons (Fsp3) is 0. The van der Waals surface area contributed by atoms with Crippen LogP contribution in [0, 0.1) is 0 Å². The summed E-state index contributed by atoms with van der Waals surface area (Å²) in [6, 6.07) is 0. The maximum absolute atomic E-state index is 4.41. The minimum atomic E-state index is 1.15. The van der Waals surface area contributed by atoms with Gasteiger partial charge in [-0.25, -0.2) is 0 Å². The van der Waals surface area contributed by atoms with Crippen LogP contribution in [0.2, 0.25) is 0 Å². The van der Waals surface area contributed by atoms with Crippen LogP contribution in [0.1, 0.15) is 0 Å². The molecule has 0 amide bonds. The van der Waals surface area contributed by atoms with Gasteiger partial charge in [-0.15, -0.1) is 0 Å². The third-order valence-corrected chi connectivity index (χ3v) is 0.0962. The molecule has 0 N–H and O–H groups in total. The predicted octanol–water partition coefficient (Wildman–Crippen LogP) is -0.862. The Bertz CT molecular complexity index is 20.0. The molecule has 18 valence electrons. The van der Waals surface area contributed by atoms with Crippen LogP contribution >= 0.6 is 0 Å². The monoisotopic (exact) mass is 52.0 g/mol. The van der Waals surface area contributed by atoms with E-state index in [9.17, 15) is 0 Å². The summed E-state index contributed by atoms with van der Waals surface area (Å²) in [6.45, 7) is 3.13. The molecule has 0 aliphatic heterocycles. The summed E-state index contributed by atoms with van der Waals surface area (Å²) >= 11 is 0. The van der Waals surface area contributed by atoms with Crippen LogP contribution in [0.5, 0.6) is 0 Å². The van der Waals surface area contributed by atoms with Crippen molar-refractivity contribution in [3.05, 3.63) is 0 Å². The Morgan fingerprint density at radius 2 is 2.25 bits per heavy atom. The number of hydrogen-bond donors (Lipinski definition) is 0. The van der Waals surface area contributed by atoms with Gasteiger partial charge in [-0.05, 0) is 0 Å². The molecule has 1 nitrogen and oxygen atoms in total. The third-order valence-electron chi connectivity index (χ3n) is 0.0962. The van der Waals surface area contributed by atoms with E-state index in [1.807, 2.05) is 0 Å². The van der Waals surface area contributed by atoms with Gasteiger partial charge in [0.25, 0.3) is 0 Å². The molecule has 0 aromatic rings. The van der Waals surface area contributed by atoms with E-state index in [4.69, 9.17) is 0 Å². The molecule has 0 rings (SSSR count). The molecule has 0 aromatic heterocycles. The molecule has 0 aliphatic rings. The summed E-state index contributed by atoms with van der Waals surface area (Å²) in [6.07, 6.45) is 0. The molecule has 0 bridgehead atoms. The summed E-state index contributed by atoms with van der Waals surface area (Å²) in [5.74, 6) is 0. The molecule has 0 spiro atoms. The van der Waals surface area contributed by atoms with Crippen LogP contribution < -0.4 is 0 Å². The second-order valence-corrected chi connectivity index (χ2v) is 0.303. The Hall–Kier alpha value is -0.200. The van der Waals surface area contributed by atoms with Crippen LogP contribution in [0.4, 0.5) is 0 Å². The van der Waals surface area contributed by atoms with Gasteiger partial charge in [0.15, 0.2) is 0 Å². The van der Waals surface area contributed by atoms with Gasteiger partial charge in [-0.3, -0.25) is 0 Å². The van der Waals surface area contributed by atoms with Crippen LogP contribution in [-0.2, 0) is 4.57 Å². The quantitative estimate of drug-likeness (QED) is 0.352. The fourth-order valence-corrected chi connectivity index (χ4v) is 0. The molecular weight excluding hydrogens is 49.6 g/mol. The van der Waals surface area contributed by atoms with Crippen molar-refractivity contribution in [3.8, 4) is 0 Å². The number of rotatable bonds is 1. The fourth-order valence-electron chi connectivity index (χ4n) is 0. The molecule has 0 aromatic carbocycles. The van der Waals surface area contributed by atoms with E-state index in [2.05, 4.69) is 19.1 Å². The Kier molecular flexibility index (Phi) is 2.66. The zero-order valence-electron chi connectivity index (χ0n) is 2.27. The third kappa shape index (κ3) is 1.80. The zero-order chi connectivity index (χ0) is 3.41. The van der Waals surface area contributed by atoms with Crippen LogP contribution in [-0.4, -0.2) is 21.6 Å². The molecule has 0 heterocycles. The van der Waals surface area contributed by atoms with E-state index in [0.29, 0.717) is 0 Å². The van der Waals surface area contributed by atoms with Crippen molar-refractivity contribution >= 4 is 21.6 Å². The molecule has 0 aliphatic carbocycles.